The Morgan fingerprint density at radius 3 is 2.71 bits per heavy atom. The maximum absolute atomic E-state index is 5.72. The highest BCUT2D eigenvalue weighted by atomic mass is 15.3. The van der Waals surface area contributed by atoms with E-state index in [0.29, 0.717) is 12.6 Å². The molecule has 0 atom stereocenters. The van der Waals surface area contributed by atoms with Crippen LogP contribution in [0.15, 0.2) is 24.3 Å². The molecule has 17 heavy (non-hydrogen) atoms. The zero-order valence-electron chi connectivity index (χ0n) is 9.93. The van der Waals surface area contributed by atoms with Gasteiger partial charge in [0.1, 0.15) is 5.82 Å². The lowest BCUT2D eigenvalue weighted by molar-refractivity contribution is 0.687. The number of nitrogens with zero attached hydrogens (tertiary/aromatic N) is 3. The van der Waals surface area contributed by atoms with Crippen molar-refractivity contribution < 1.29 is 0 Å². The van der Waals surface area contributed by atoms with Crippen molar-refractivity contribution in [3.8, 4) is 11.4 Å². The Hall–Kier alpha value is -1.68. The van der Waals surface area contributed by atoms with Gasteiger partial charge in [0.2, 0.25) is 0 Å². The van der Waals surface area contributed by atoms with Gasteiger partial charge in [-0.1, -0.05) is 24.3 Å². The average molecular weight is 228 g/mol. The molecule has 1 aliphatic carbocycles. The molecule has 3 rings (SSSR count). The molecule has 1 fully saturated rings. The van der Waals surface area contributed by atoms with E-state index in [1.54, 1.807) is 0 Å². The van der Waals surface area contributed by atoms with E-state index in [1.165, 1.54) is 18.4 Å². The molecule has 0 bridgehead atoms. The predicted molar refractivity (Wildman–Crippen MR) is 66.4 cm³/mol. The first kappa shape index (κ1) is 10.5. The van der Waals surface area contributed by atoms with Gasteiger partial charge in [0.25, 0.3) is 0 Å². The first-order valence-electron chi connectivity index (χ1n) is 6.01. The molecule has 0 unspecified atom stereocenters. The molecule has 0 spiro atoms. The highest BCUT2D eigenvalue weighted by Crippen LogP contribution is 2.39. The number of rotatable bonds is 3. The molecule has 1 aromatic heterocycles. The quantitative estimate of drug-likeness (QED) is 0.874. The Labute approximate surface area is 100 Å². The van der Waals surface area contributed by atoms with Crippen molar-refractivity contribution in [1.82, 2.24) is 14.8 Å². The maximum atomic E-state index is 5.72. The number of benzene rings is 1. The fourth-order valence-corrected chi connectivity index (χ4v) is 2.19. The molecule has 2 aromatic rings. The third-order valence-corrected chi connectivity index (χ3v) is 3.25. The van der Waals surface area contributed by atoms with Crippen molar-refractivity contribution in [2.24, 2.45) is 5.73 Å². The smallest absolute Gasteiger partial charge is 0.164 e. The van der Waals surface area contributed by atoms with Gasteiger partial charge in [0, 0.05) is 11.6 Å². The molecule has 1 aromatic carbocycles. The summed E-state index contributed by atoms with van der Waals surface area (Å²) in [5.41, 5.74) is 8.11. The van der Waals surface area contributed by atoms with Crippen molar-refractivity contribution in [3.05, 3.63) is 35.7 Å². The molecule has 0 saturated heterocycles. The van der Waals surface area contributed by atoms with Gasteiger partial charge in [-0.05, 0) is 25.3 Å². The highest BCUT2D eigenvalue weighted by molar-refractivity contribution is 5.60. The van der Waals surface area contributed by atoms with Crippen molar-refractivity contribution in [3.63, 3.8) is 0 Å². The number of aromatic nitrogens is 3. The van der Waals surface area contributed by atoms with Gasteiger partial charge >= 0.3 is 0 Å². The lowest BCUT2D eigenvalue weighted by atomic mass is 10.1. The Bertz CT molecular complexity index is 540. The van der Waals surface area contributed by atoms with Crippen molar-refractivity contribution >= 4 is 0 Å². The lowest BCUT2D eigenvalue weighted by Gasteiger charge is -2.09. The van der Waals surface area contributed by atoms with Gasteiger partial charge in [-0.15, -0.1) is 10.2 Å². The van der Waals surface area contributed by atoms with Gasteiger partial charge in [-0.2, -0.15) is 0 Å². The van der Waals surface area contributed by atoms with Crippen LogP contribution in [0.3, 0.4) is 0 Å². The minimum absolute atomic E-state index is 0.454. The first-order chi connectivity index (χ1) is 8.31. The summed E-state index contributed by atoms with van der Waals surface area (Å²) < 4.78 is 2.21. The van der Waals surface area contributed by atoms with Crippen molar-refractivity contribution in [2.75, 3.05) is 0 Å². The molecule has 4 nitrogen and oxygen atoms in total. The van der Waals surface area contributed by atoms with Gasteiger partial charge in [0.05, 0.1) is 6.54 Å². The molecular formula is C13H16N4. The van der Waals surface area contributed by atoms with Crippen LogP contribution in [0.4, 0.5) is 0 Å². The molecule has 1 aliphatic rings. The van der Waals surface area contributed by atoms with E-state index in [9.17, 15) is 0 Å². The SMILES string of the molecule is Cc1ccccc1-c1nnc(CN)n1C1CC1. The molecule has 0 aliphatic heterocycles. The van der Waals surface area contributed by atoms with Crippen LogP contribution in [-0.2, 0) is 6.54 Å². The third-order valence-electron chi connectivity index (χ3n) is 3.25. The second kappa shape index (κ2) is 3.96. The van der Waals surface area contributed by atoms with Crippen LogP contribution in [-0.4, -0.2) is 14.8 Å². The lowest BCUT2D eigenvalue weighted by Crippen LogP contribution is -2.08. The van der Waals surface area contributed by atoms with E-state index in [4.69, 9.17) is 5.73 Å². The fourth-order valence-electron chi connectivity index (χ4n) is 2.19. The normalized spacial score (nSPS) is 15.2. The summed E-state index contributed by atoms with van der Waals surface area (Å²) >= 11 is 0. The second-order valence-corrected chi connectivity index (χ2v) is 4.56. The van der Waals surface area contributed by atoms with E-state index in [-0.39, 0.29) is 0 Å². The summed E-state index contributed by atoms with van der Waals surface area (Å²) in [7, 11) is 0. The summed E-state index contributed by atoms with van der Waals surface area (Å²) in [6.07, 6.45) is 2.42. The zero-order valence-corrected chi connectivity index (χ0v) is 9.93. The topological polar surface area (TPSA) is 56.7 Å². The summed E-state index contributed by atoms with van der Waals surface area (Å²) in [4.78, 5) is 0. The number of hydrogen-bond acceptors (Lipinski definition) is 3. The molecule has 0 radical (unpaired) electrons. The van der Waals surface area contributed by atoms with Crippen LogP contribution in [0.1, 0.15) is 30.3 Å². The van der Waals surface area contributed by atoms with Crippen LogP contribution < -0.4 is 5.73 Å². The number of nitrogens with two attached hydrogens (primary N) is 1. The minimum Gasteiger partial charge on any atom is -0.324 e. The van der Waals surface area contributed by atoms with E-state index in [1.807, 2.05) is 12.1 Å². The molecular weight excluding hydrogens is 212 g/mol. The number of hydrogen-bond donors (Lipinski definition) is 1. The molecule has 1 saturated carbocycles. The standard InChI is InChI=1S/C13H16N4/c1-9-4-2-3-5-11(9)13-16-15-12(8-14)17(13)10-6-7-10/h2-5,10H,6-8,14H2,1H3. The Morgan fingerprint density at radius 1 is 1.29 bits per heavy atom. The predicted octanol–water partition coefficient (Wildman–Crippen LogP) is 2.05. The highest BCUT2D eigenvalue weighted by Gasteiger charge is 2.29. The van der Waals surface area contributed by atoms with Crippen LogP contribution >= 0.6 is 0 Å². The van der Waals surface area contributed by atoms with Crippen LogP contribution in [0, 0.1) is 6.92 Å². The molecule has 4 heteroatoms. The zero-order chi connectivity index (χ0) is 11.8. The van der Waals surface area contributed by atoms with E-state index in [2.05, 4.69) is 33.8 Å². The van der Waals surface area contributed by atoms with Crippen LogP contribution in [0.25, 0.3) is 11.4 Å². The minimum atomic E-state index is 0.454. The monoisotopic (exact) mass is 228 g/mol. The van der Waals surface area contributed by atoms with E-state index < -0.39 is 0 Å². The molecule has 1 heterocycles. The Kier molecular flexibility index (Phi) is 2.44. The Balaban J connectivity index is 2.14. The van der Waals surface area contributed by atoms with Gasteiger partial charge < -0.3 is 10.3 Å². The fraction of sp³-hybridized carbons (Fsp3) is 0.385. The maximum Gasteiger partial charge on any atom is 0.164 e. The Morgan fingerprint density at radius 2 is 2.06 bits per heavy atom. The first-order valence-corrected chi connectivity index (χ1v) is 6.01. The van der Waals surface area contributed by atoms with Crippen molar-refractivity contribution in [2.45, 2.75) is 32.4 Å². The second-order valence-electron chi connectivity index (χ2n) is 4.56. The van der Waals surface area contributed by atoms with Gasteiger partial charge in [0.15, 0.2) is 5.82 Å². The third kappa shape index (κ3) is 1.74. The molecule has 2 N–H and O–H groups in total. The summed E-state index contributed by atoms with van der Waals surface area (Å²) in [5, 5.41) is 8.51. The van der Waals surface area contributed by atoms with Gasteiger partial charge in [-0.25, -0.2) is 0 Å². The van der Waals surface area contributed by atoms with E-state index in [0.717, 1.165) is 17.2 Å². The van der Waals surface area contributed by atoms with E-state index >= 15 is 0 Å². The van der Waals surface area contributed by atoms with Crippen LogP contribution in [0.5, 0.6) is 0 Å². The summed E-state index contributed by atoms with van der Waals surface area (Å²) in [6.45, 7) is 2.55. The average Bonchev–Trinajstić information content (AvgIpc) is 3.10. The number of aryl methyl sites for hydroxylation is 1. The van der Waals surface area contributed by atoms with Gasteiger partial charge in [-0.3, -0.25) is 0 Å². The molecule has 88 valence electrons. The summed E-state index contributed by atoms with van der Waals surface area (Å²) in [6, 6.07) is 8.83. The molecule has 0 amide bonds. The largest absolute Gasteiger partial charge is 0.324 e. The van der Waals surface area contributed by atoms with Crippen molar-refractivity contribution in [1.29, 1.82) is 0 Å². The van der Waals surface area contributed by atoms with Crippen LogP contribution in [0.2, 0.25) is 0 Å². The summed E-state index contributed by atoms with van der Waals surface area (Å²) in [5.74, 6) is 1.86.